The zero-order valence-corrected chi connectivity index (χ0v) is 23.2. The van der Waals surface area contributed by atoms with E-state index in [-0.39, 0.29) is 36.0 Å². The molecule has 4 atom stereocenters. The van der Waals surface area contributed by atoms with E-state index in [1.165, 1.54) is 4.90 Å². The van der Waals surface area contributed by atoms with Crippen molar-refractivity contribution in [3.8, 4) is 11.5 Å². The number of hydrogen-bond acceptors (Lipinski definition) is 8. The van der Waals surface area contributed by atoms with Crippen molar-refractivity contribution in [3.05, 3.63) is 59.7 Å². The first-order valence-corrected chi connectivity index (χ1v) is 13.7. The molecular formula is C28H34N8O6. The van der Waals surface area contributed by atoms with Gasteiger partial charge in [0, 0.05) is 18.7 Å². The molecule has 222 valence electrons. The van der Waals surface area contributed by atoms with E-state index in [4.69, 9.17) is 20.3 Å². The van der Waals surface area contributed by atoms with Crippen LogP contribution in [0.5, 0.6) is 11.5 Å². The van der Waals surface area contributed by atoms with Gasteiger partial charge in [-0.2, -0.15) is 0 Å². The standard InChI is InChI=1S/C28H34N8O6/c1-26(2)11-12-41-20-16(9-6-10-17(20)26)22(37)33-19-14-36-24(30)32-18(13-31-25(38)42-15-7-4-3-5-8-15)21-27(36,28(19,39)40)35-23(29)34-21/h3-10,18-19,21,39-40H,11-14H2,1-2H3,(H2,30,32)(H,31,38)(H,33,37)(H3,29,34,35)/t18?,19-,21?,27?/m0/s1. The number of carbonyl (C=O) groups is 2. The molecule has 42 heavy (non-hydrogen) atoms. The van der Waals surface area contributed by atoms with Crippen LogP contribution >= 0.6 is 0 Å². The van der Waals surface area contributed by atoms with Gasteiger partial charge >= 0.3 is 6.09 Å². The van der Waals surface area contributed by atoms with Crippen LogP contribution in [0.25, 0.3) is 0 Å². The summed E-state index contributed by atoms with van der Waals surface area (Å²) in [5.74, 6) is -2.79. The van der Waals surface area contributed by atoms with Gasteiger partial charge in [0.2, 0.25) is 5.79 Å². The molecule has 3 unspecified atom stereocenters. The number of guanidine groups is 2. The van der Waals surface area contributed by atoms with E-state index in [9.17, 15) is 19.8 Å². The highest BCUT2D eigenvalue weighted by Gasteiger charge is 2.74. The van der Waals surface area contributed by atoms with Gasteiger partial charge in [-0.15, -0.1) is 0 Å². The lowest BCUT2D eigenvalue weighted by atomic mass is 9.79. The molecule has 0 saturated carbocycles. The number of rotatable bonds is 5. The van der Waals surface area contributed by atoms with Crippen LogP contribution in [0, 0.1) is 10.8 Å². The molecule has 0 aromatic heterocycles. The van der Waals surface area contributed by atoms with Crippen LogP contribution in [0.2, 0.25) is 0 Å². The molecule has 2 aromatic rings. The number of amides is 2. The topological polar surface area (TPSA) is 204 Å². The molecule has 2 amide bonds. The van der Waals surface area contributed by atoms with E-state index in [1.807, 2.05) is 6.07 Å². The number of para-hydroxylation sites is 2. The Morgan fingerprint density at radius 2 is 1.88 bits per heavy atom. The summed E-state index contributed by atoms with van der Waals surface area (Å²) in [4.78, 5) is 27.4. The molecular weight excluding hydrogens is 544 g/mol. The number of aliphatic hydroxyl groups is 2. The summed E-state index contributed by atoms with van der Waals surface area (Å²) < 4.78 is 11.2. The number of ether oxygens (including phenoxy) is 2. The molecule has 2 aromatic carbocycles. The highest BCUT2D eigenvalue weighted by atomic mass is 16.6. The number of fused-ring (bicyclic) bond motifs is 1. The van der Waals surface area contributed by atoms with Gasteiger partial charge < -0.3 is 51.2 Å². The number of carbonyl (C=O) groups excluding carboxylic acids is 2. The van der Waals surface area contributed by atoms with Crippen molar-refractivity contribution in [3.63, 3.8) is 0 Å². The second-order valence-electron chi connectivity index (χ2n) is 11.6. The van der Waals surface area contributed by atoms with Crippen molar-refractivity contribution in [1.29, 1.82) is 10.8 Å². The van der Waals surface area contributed by atoms with Gasteiger partial charge in [0.05, 0.1) is 24.3 Å². The highest BCUT2D eigenvalue weighted by molar-refractivity contribution is 5.98. The van der Waals surface area contributed by atoms with Gasteiger partial charge in [0.25, 0.3) is 5.91 Å². The zero-order valence-electron chi connectivity index (χ0n) is 23.2. The molecule has 4 heterocycles. The third kappa shape index (κ3) is 4.25. The lowest BCUT2D eigenvalue weighted by Gasteiger charge is -2.51. The monoisotopic (exact) mass is 578 g/mol. The fourth-order valence-electron chi connectivity index (χ4n) is 6.36. The molecule has 0 radical (unpaired) electrons. The first-order chi connectivity index (χ1) is 19.9. The van der Waals surface area contributed by atoms with Crippen LogP contribution in [-0.4, -0.2) is 88.3 Å². The van der Waals surface area contributed by atoms with Gasteiger partial charge in [-0.3, -0.25) is 15.6 Å². The maximum Gasteiger partial charge on any atom is 0.412 e. The summed E-state index contributed by atoms with van der Waals surface area (Å²) >= 11 is 0. The minimum Gasteiger partial charge on any atom is -0.492 e. The summed E-state index contributed by atoms with van der Waals surface area (Å²) in [7, 11) is 0. The maximum absolute atomic E-state index is 13.6. The molecule has 4 aliphatic heterocycles. The van der Waals surface area contributed by atoms with E-state index in [0.29, 0.717) is 18.1 Å². The Kier molecular flexibility index (Phi) is 6.42. The lowest BCUT2D eigenvalue weighted by molar-refractivity contribution is -0.232. The molecule has 14 nitrogen and oxygen atoms in total. The van der Waals surface area contributed by atoms with Crippen LogP contribution in [0.15, 0.2) is 48.5 Å². The zero-order chi connectivity index (χ0) is 29.9. The molecule has 14 heteroatoms. The Morgan fingerprint density at radius 3 is 2.64 bits per heavy atom. The Bertz CT molecular complexity index is 1450. The second kappa shape index (κ2) is 9.77. The van der Waals surface area contributed by atoms with Gasteiger partial charge in [-0.1, -0.05) is 44.2 Å². The maximum atomic E-state index is 13.6. The largest absolute Gasteiger partial charge is 0.492 e. The summed E-state index contributed by atoms with van der Waals surface area (Å²) in [6.07, 6.45) is 0.0577. The van der Waals surface area contributed by atoms with Gasteiger partial charge in [-0.25, -0.2) is 4.79 Å². The molecule has 3 fully saturated rings. The number of nitrogens with one attached hydrogen (secondary N) is 7. The highest BCUT2D eigenvalue weighted by Crippen LogP contribution is 2.44. The van der Waals surface area contributed by atoms with Crippen LogP contribution in [-0.2, 0) is 5.41 Å². The third-order valence-electron chi connectivity index (χ3n) is 8.59. The Morgan fingerprint density at radius 1 is 1.12 bits per heavy atom. The molecule has 9 N–H and O–H groups in total. The van der Waals surface area contributed by atoms with Crippen molar-refractivity contribution in [2.24, 2.45) is 0 Å². The van der Waals surface area contributed by atoms with Crippen molar-refractivity contribution in [2.75, 3.05) is 19.7 Å². The summed E-state index contributed by atoms with van der Waals surface area (Å²) in [6, 6.07) is 10.9. The van der Waals surface area contributed by atoms with Gasteiger partial charge in [-0.05, 0) is 30.0 Å². The van der Waals surface area contributed by atoms with Crippen molar-refractivity contribution in [1.82, 2.24) is 31.5 Å². The Balaban J connectivity index is 1.23. The number of benzene rings is 2. The summed E-state index contributed by atoms with van der Waals surface area (Å²) in [6.45, 7) is 4.38. The Hall–Kier alpha value is -4.56. The predicted molar refractivity (Wildman–Crippen MR) is 150 cm³/mol. The molecule has 3 saturated heterocycles. The van der Waals surface area contributed by atoms with Crippen molar-refractivity contribution in [2.45, 2.75) is 55.3 Å². The fourth-order valence-corrected chi connectivity index (χ4v) is 6.36. The van der Waals surface area contributed by atoms with E-state index < -0.39 is 41.6 Å². The van der Waals surface area contributed by atoms with Gasteiger partial charge in [0.1, 0.15) is 17.5 Å². The van der Waals surface area contributed by atoms with E-state index in [1.54, 1.807) is 42.5 Å². The summed E-state index contributed by atoms with van der Waals surface area (Å²) in [5.41, 5.74) is -0.842. The second-order valence-corrected chi connectivity index (χ2v) is 11.6. The normalized spacial score (nSPS) is 28.1. The van der Waals surface area contributed by atoms with Crippen LogP contribution < -0.4 is 36.1 Å². The Labute approximate surface area is 241 Å². The average molecular weight is 579 g/mol. The molecule has 4 aliphatic rings. The number of nitrogens with zero attached hydrogens (tertiary/aromatic N) is 1. The average Bonchev–Trinajstić information content (AvgIpc) is 3.41. The smallest absolute Gasteiger partial charge is 0.412 e. The lowest BCUT2D eigenvalue weighted by Crippen LogP contribution is -2.81. The quantitative estimate of drug-likeness (QED) is 0.212. The molecule has 0 bridgehead atoms. The first kappa shape index (κ1) is 27.6. The van der Waals surface area contributed by atoms with Crippen LogP contribution in [0.3, 0.4) is 0 Å². The molecule has 6 rings (SSSR count). The minimum atomic E-state index is -2.66. The van der Waals surface area contributed by atoms with Crippen LogP contribution in [0.1, 0.15) is 36.2 Å². The predicted octanol–water partition coefficient (Wildman–Crippen LogP) is -0.271. The van der Waals surface area contributed by atoms with E-state index >= 15 is 0 Å². The van der Waals surface area contributed by atoms with Crippen molar-refractivity contribution < 1.29 is 29.3 Å². The fraction of sp³-hybridized carbons (Fsp3) is 0.429. The van der Waals surface area contributed by atoms with Crippen molar-refractivity contribution >= 4 is 23.9 Å². The van der Waals surface area contributed by atoms with E-state index in [2.05, 4.69) is 40.4 Å². The van der Waals surface area contributed by atoms with Crippen LogP contribution in [0.4, 0.5) is 4.79 Å². The minimum absolute atomic E-state index is 0.0767. The summed E-state index contributed by atoms with van der Waals surface area (Å²) in [5, 5.41) is 54.4. The SMILES string of the molecule is CC1(C)CCOc2c(C(=O)N[C@H]3CN4C(=N)NC(CNC(=O)Oc5ccccc5)C5NC(=N)NC54C3(O)O)cccc21. The molecule has 1 spiro atoms. The van der Waals surface area contributed by atoms with E-state index in [0.717, 1.165) is 12.0 Å². The third-order valence-corrected chi connectivity index (χ3v) is 8.59. The molecule has 0 aliphatic carbocycles. The first-order valence-electron chi connectivity index (χ1n) is 13.7. The van der Waals surface area contributed by atoms with Gasteiger partial charge in [0.15, 0.2) is 17.6 Å². The number of hydrogen-bond donors (Lipinski definition) is 9.